The smallest absolute Gasteiger partial charge is 0.219 e. The van der Waals surface area contributed by atoms with Gasteiger partial charge >= 0.3 is 0 Å². The summed E-state index contributed by atoms with van der Waals surface area (Å²) < 4.78 is 5.48. The summed E-state index contributed by atoms with van der Waals surface area (Å²) in [6, 6.07) is 10.9. The second kappa shape index (κ2) is 7.25. The molecule has 0 bridgehead atoms. The van der Waals surface area contributed by atoms with Crippen LogP contribution in [0.3, 0.4) is 0 Å². The molecule has 1 aromatic rings. The summed E-state index contributed by atoms with van der Waals surface area (Å²) in [5, 5.41) is 0. The van der Waals surface area contributed by atoms with Crippen molar-refractivity contribution in [3.8, 4) is 0 Å². The topological polar surface area (TPSA) is 32.8 Å². The first-order valence-electron chi connectivity index (χ1n) is 8.36. The highest BCUT2D eigenvalue weighted by Gasteiger charge is 2.31. The van der Waals surface area contributed by atoms with Crippen molar-refractivity contribution in [3.05, 3.63) is 35.9 Å². The molecule has 0 aliphatic carbocycles. The fraction of sp³-hybridized carbons (Fsp3) is 0.611. The first-order valence-corrected chi connectivity index (χ1v) is 8.36. The summed E-state index contributed by atoms with van der Waals surface area (Å²) in [5.41, 5.74) is 1.32. The predicted octanol–water partition coefficient (Wildman–Crippen LogP) is 2.32. The molecule has 22 heavy (non-hydrogen) atoms. The second-order valence-electron chi connectivity index (χ2n) is 6.44. The maximum Gasteiger partial charge on any atom is 0.219 e. The molecule has 0 spiro atoms. The fourth-order valence-corrected chi connectivity index (χ4v) is 3.58. The quantitative estimate of drug-likeness (QED) is 0.859. The maximum absolute atomic E-state index is 11.8. The van der Waals surface area contributed by atoms with Crippen molar-refractivity contribution in [2.75, 3.05) is 39.4 Å². The van der Waals surface area contributed by atoms with Gasteiger partial charge in [0.05, 0.1) is 6.04 Å². The standard InChI is InChI=1S/C18H26N2O2/c1-15(21)19-9-10-20(13-16-7-11-22-12-8-16)18(14-19)17-5-3-2-4-6-17/h2-6,16,18H,7-14H2,1H3/t18-/m1/s1. The third-order valence-electron chi connectivity index (χ3n) is 4.95. The molecule has 0 radical (unpaired) electrons. The van der Waals surface area contributed by atoms with Crippen LogP contribution in [0.1, 0.15) is 31.4 Å². The van der Waals surface area contributed by atoms with Gasteiger partial charge in [-0.05, 0) is 24.3 Å². The molecule has 0 aromatic heterocycles. The minimum Gasteiger partial charge on any atom is -0.381 e. The minimum absolute atomic E-state index is 0.187. The fourth-order valence-electron chi connectivity index (χ4n) is 3.58. The van der Waals surface area contributed by atoms with Gasteiger partial charge in [0, 0.05) is 46.3 Å². The average Bonchev–Trinajstić information content (AvgIpc) is 2.57. The number of ether oxygens (including phenoxy) is 1. The Morgan fingerprint density at radius 1 is 1.18 bits per heavy atom. The monoisotopic (exact) mass is 302 g/mol. The van der Waals surface area contributed by atoms with Crippen molar-refractivity contribution < 1.29 is 9.53 Å². The molecule has 4 heteroatoms. The SMILES string of the molecule is CC(=O)N1CCN(CC2CCOCC2)[C@@H](c2ccccc2)C1. The zero-order chi connectivity index (χ0) is 15.4. The highest BCUT2D eigenvalue weighted by Crippen LogP contribution is 2.28. The Morgan fingerprint density at radius 2 is 1.91 bits per heavy atom. The molecule has 1 aromatic carbocycles. The van der Waals surface area contributed by atoms with Gasteiger partial charge in [0.1, 0.15) is 0 Å². The number of benzene rings is 1. The molecule has 0 unspecified atom stereocenters. The van der Waals surface area contributed by atoms with E-state index in [2.05, 4.69) is 35.2 Å². The highest BCUT2D eigenvalue weighted by molar-refractivity contribution is 5.73. The van der Waals surface area contributed by atoms with Crippen LogP contribution < -0.4 is 0 Å². The molecule has 2 aliphatic rings. The molecule has 0 N–H and O–H groups in total. The molecule has 2 saturated heterocycles. The van der Waals surface area contributed by atoms with Gasteiger partial charge in [0.2, 0.25) is 5.91 Å². The summed E-state index contributed by atoms with van der Waals surface area (Å²) in [7, 11) is 0. The van der Waals surface area contributed by atoms with Crippen LogP contribution in [0.4, 0.5) is 0 Å². The summed E-state index contributed by atoms with van der Waals surface area (Å²) in [6.45, 7) is 7.22. The van der Waals surface area contributed by atoms with Gasteiger partial charge in [-0.3, -0.25) is 9.69 Å². The van der Waals surface area contributed by atoms with E-state index in [4.69, 9.17) is 4.74 Å². The lowest BCUT2D eigenvalue weighted by Crippen LogP contribution is -2.51. The van der Waals surface area contributed by atoms with E-state index in [0.29, 0.717) is 6.04 Å². The van der Waals surface area contributed by atoms with Crippen molar-refractivity contribution in [2.24, 2.45) is 5.92 Å². The number of amides is 1. The van der Waals surface area contributed by atoms with Crippen molar-refractivity contribution in [3.63, 3.8) is 0 Å². The number of carbonyl (C=O) groups is 1. The average molecular weight is 302 g/mol. The lowest BCUT2D eigenvalue weighted by Gasteiger charge is -2.43. The number of hydrogen-bond acceptors (Lipinski definition) is 3. The predicted molar refractivity (Wildman–Crippen MR) is 86.6 cm³/mol. The van der Waals surface area contributed by atoms with E-state index in [-0.39, 0.29) is 5.91 Å². The molecule has 1 amide bonds. The first-order chi connectivity index (χ1) is 10.7. The van der Waals surface area contributed by atoms with E-state index in [0.717, 1.165) is 58.2 Å². The molecule has 1 atom stereocenters. The Balaban J connectivity index is 1.73. The molecular formula is C18H26N2O2. The lowest BCUT2D eigenvalue weighted by atomic mass is 9.96. The molecule has 120 valence electrons. The van der Waals surface area contributed by atoms with Crippen LogP contribution in [0, 0.1) is 5.92 Å². The van der Waals surface area contributed by atoms with Crippen LogP contribution in [0.25, 0.3) is 0 Å². The highest BCUT2D eigenvalue weighted by atomic mass is 16.5. The third-order valence-corrected chi connectivity index (χ3v) is 4.95. The number of rotatable bonds is 3. The molecule has 0 saturated carbocycles. The van der Waals surface area contributed by atoms with Crippen LogP contribution >= 0.6 is 0 Å². The van der Waals surface area contributed by atoms with Crippen LogP contribution in [-0.2, 0) is 9.53 Å². The van der Waals surface area contributed by atoms with E-state index in [1.807, 2.05) is 4.90 Å². The molecule has 4 nitrogen and oxygen atoms in total. The number of hydrogen-bond donors (Lipinski definition) is 0. The zero-order valence-electron chi connectivity index (χ0n) is 13.4. The van der Waals surface area contributed by atoms with Gasteiger partial charge in [0.25, 0.3) is 0 Å². The van der Waals surface area contributed by atoms with E-state index in [1.165, 1.54) is 5.56 Å². The summed E-state index contributed by atoms with van der Waals surface area (Å²) in [5.74, 6) is 0.912. The number of nitrogens with zero attached hydrogens (tertiary/aromatic N) is 2. The van der Waals surface area contributed by atoms with Gasteiger partial charge in [0.15, 0.2) is 0 Å². The zero-order valence-corrected chi connectivity index (χ0v) is 13.4. The minimum atomic E-state index is 0.187. The first kappa shape index (κ1) is 15.5. The Labute approximate surface area is 133 Å². The van der Waals surface area contributed by atoms with Crippen LogP contribution in [0.5, 0.6) is 0 Å². The van der Waals surface area contributed by atoms with E-state index in [9.17, 15) is 4.79 Å². The van der Waals surface area contributed by atoms with Gasteiger partial charge in [-0.15, -0.1) is 0 Å². The van der Waals surface area contributed by atoms with E-state index in [1.54, 1.807) is 6.92 Å². The van der Waals surface area contributed by atoms with E-state index < -0.39 is 0 Å². The molecule has 3 rings (SSSR count). The Bertz CT molecular complexity index is 485. The van der Waals surface area contributed by atoms with Gasteiger partial charge in [-0.1, -0.05) is 30.3 Å². The molecule has 2 fully saturated rings. The van der Waals surface area contributed by atoms with E-state index >= 15 is 0 Å². The van der Waals surface area contributed by atoms with Crippen molar-refractivity contribution in [1.82, 2.24) is 9.80 Å². The maximum atomic E-state index is 11.8. The van der Waals surface area contributed by atoms with Gasteiger partial charge < -0.3 is 9.64 Å². The van der Waals surface area contributed by atoms with Crippen molar-refractivity contribution >= 4 is 5.91 Å². The Hall–Kier alpha value is -1.39. The van der Waals surface area contributed by atoms with Crippen LogP contribution in [0.15, 0.2) is 30.3 Å². The summed E-state index contributed by atoms with van der Waals surface area (Å²) >= 11 is 0. The second-order valence-corrected chi connectivity index (χ2v) is 6.44. The molecular weight excluding hydrogens is 276 g/mol. The summed E-state index contributed by atoms with van der Waals surface area (Å²) in [4.78, 5) is 16.3. The van der Waals surface area contributed by atoms with Crippen molar-refractivity contribution in [1.29, 1.82) is 0 Å². The van der Waals surface area contributed by atoms with Crippen LogP contribution in [0.2, 0.25) is 0 Å². The van der Waals surface area contributed by atoms with Gasteiger partial charge in [-0.25, -0.2) is 0 Å². The largest absolute Gasteiger partial charge is 0.381 e. The molecule has 2 heterocycles. The van der Waals surface area contributed by atoms with Gasteiger partial charge in [-0.2, -0.15) is 0 Å². The van der Waals surface area contributed by atoms with Crippen molar-refractivity contribution in [2.45, 2.75) is 25.8 Å². The number of carbonyl (C=O) groups excluding carboxylic acids is 1. The van der Waals surface area contributed by atoms with Crippen LogP contribution in [-0.4, -0.2) is 55.1 Å². The third kappa shape index (κ3) is 3.68. The lowest BCUT2D eigenvalue weighted by molar-refractivity contribution is -0.132. The Kier molecular flexibility index (Phi) is 5.11. The molecule has 2 aliphatic heterocycles. The Morgan fingerprint density at radius 3 is 2.59 bits per heavy atom. The normalized spacial score (nSPS) is 24.4. The number of piperazine rings is 1. The summed E-state index contributed by atoms with van der Waals surface area (Å²) in [6.07, 6.45) is 2.32.